The van der Waals surface area contributed by atoms with Crippen LogP contribution in [0.15, 0.2) is 24.3 Å². The van der Waals surface area contributed by atoms with Crippen molar-refractivity contribution >= 4 is 0 Å². The van der Waals surface area contributed by atoms with Gasteiger partial charge in [0.15, 0.2) is 0 Å². The van der Waals surface area contributed by atoms with Gasteiger partial charge in [-0.15, -0.1) is 0 Å². The summed E-state index contributed by atoms with van der Waals surface area (Å²) in [6.07, 6.45) is 0.544. The second kappa shape index (κ2) is 7.30. The van der Waals surface area contributed by atoms with Gasteiger partial charge in [-0.25, -0.2) is 0 Å². The van der Waals surface area contributed by atoms with E-state index in [0.29, 0.717) is 6.42 Å². The van der Waals surface area contributed by atoms with Crippen molar-refractivity contribution in [3.8, 4) is 11.8 Å². The van der Waals surface area contributed by atoms with Crippen LogP contribution in [0.3, 0.4) is 0 Å². The minimum Gasteiger partial charge on any atom is -0.395 e. The van der Waals surface area contributed by atoms with E-state index >= 15 is 0 Å². The van der Waals surface area contributed by atoms with E-state index in [4.69, 9.17) is 5.11 Å². The second-order valence-electron chi connectivity index (χ2n) is 5.06. The van der Waals surface area contributed by atoms with E-state index in [0.717, 1.165) is 38.3 Å². The maximum absolute atomic E-state index is 8.72. The van der Waals surface area contributed by atoms with Crippen LogP contribution in [0.2, 0.25) is 0 Å². The van der Waals surface area contributed by atoms with Crippen molar-refractivity contribution in [1.29, 1.82) is 0 Å². The van der Waals surface area contributed by atoms with Crippen molar-refractivity contribution in [3.05, 3.63) is 35.4 Å². The first-order valence-electron chi connectivity index (χ1n) is 6.87. The molecule has 1 saturated heterocycles. The van der Waals surface area contributed by atoms with Crippen LogP contribution >= 0.6 is 0 Å². The summed E-state index contributed by atoms with van der Waals surface area (Å²) in [5.74, 6) is 6.06. The van der Waals surface area contributed by atoms with Crippen LogP contribution in [0.4, 0.5) is 0 Å². The summed E-state index contributed by atoms with van der Waals surface area (Å²) in [7, 11) is 2.18. The summed E-state index contributed by atoms with van der Waals surface area (Å²) in [5, 5.41) is 8.72. The molecule has 0 saturated carbocycles. The van der Waals surface area contributed by atoms with Gasteiger partial charge in [0.2, 0.25) is 0 Å². The van der Waals surface area contributed by atoms with Crippen LogP contribution in [0, 0.1) is 11.8 Å². The highest BCUT2D eigenvalue weighted by Gasteiger charge is 2.13. The van der Waals surface area contributed by atoms with Crippen molar-refractivity contribution in [3.63, 3.8) is 0 Å². The molecular formula is C16H22N2O. The minimum absolute atomic E-state index is 0.133. The Bertz CT molecular complexity index is 453. The Kier molecular flexibility index (Phi) is 5.41. The molecule has 1 heterocycles. The summed E-state index contributed by atoms with van der Waals surface area (Å²) >= 11 is 0. The molecule has 3 nitrogen and oxygen atoms in total. The number of hydrogen-bond acceptors (Lipinski definition) is 3. The number of rotatable bonds is 3. The largest absolute Gasteiger partial charge is 0.395 e. The quantitative estimate of drug-likeness (QED) is 0.825. The summed E-state index contributed by atoms with van der Waals surface area (Å²) in [6.45, 7) is 5.71. The van der Waals surface area contributed by atoms with E-state index in [9.17, 15) is 0 Å². The molecule has 1 N–H and O–H groups in total. The average molecular weight is 258 g/mol. The van der Waals surface area contributed by atoms with E-state index < -0.39 is 0 Å². The molecule has 0 atom stereocenters. The van der Waals surface area contributed by atoms with Crippen LogP contribution in [-0.2, 0) is 6.54 Å². The van der Waals surface area contributed by atoms with Gasteiger partial charge in [0.1, 0.15) is 0 Å². The Morgan fingerprint density at radius 1 is 1.21 bits per heavy atom. The lowest BCUT2D eigenvalue weighted by Crippen LogP contribution is -2.43. The molecular weight excluding hydrogens is 236 g/mol. The lowest BCUT2D eigenvalue weighted by molar-refractivity contribution is 0.148. The van der Waals surface area contributed by atoms with Crippen LogP contribution in [0.5, 0.6) is 0 Å². The predicted molar refractivity (Wildman–Crippen MR) is 77.8 cm³/mol. The van der Waals surface area contributed by atoms with Crippen molar-refractivity contribution in [1.82, 2.24) is 9.80 Å². The predicted octanol–water partition coefficient (Wildman–Crippen LogP) is 1.17. The zero-order valence-electron chi connectivity index (χ0n) is 11.6. The third-order valence-corrected chi connectivity index (χ3v) is 3.40. The van der Waals surface area contributed by atoms with Crippen LogP contribution in [0.1, 0.15) is 17.5 Å². The minimum atomic E-state index is 0.133. The Morgan fingerprint density at radius 2 is 2.00 bits per heavy atom. The molecule has 3 heteroatoms. The molecule has 0 unspecified atom stereocenters. The highest BCUT2D eigenvalue weighted by atomic mass is 16.2. The summed E-state index contributed by atoms with van der Waals surface area (Å²) in [4.78, 5) is 4.85. The Balaban J connectivity index is 1.94. The highest BCUT2D eigenvalue weighted by molar-refractivity contribution is 5.37. The summed E-state index contributed by atoms with van der Waals surface area (Å²) < 4.78 is 0. The lowest BCUT2D eigenvalue weighted by Gasteiger charge is -2.32. The molecule has 1 aliphatic heterocycles. The van der Waals surface area contributed by atoms with Gasteiger partial charge in [-0.05, 0) is 24.7 Å². The fraction of sp³-hybridized carbons (Fsp3) is 0.500. The van der Waals surface area contributed by atoms with Gasteiger partial charge in [0.05, 0.1) is 6.61 Å². The number of hydrogen-bond donors (Lipinski definition) is 1. The molecule has 0 amide bonds. The third-order valence-electron chi connectivity index (χ3n) is 3.40. The monoisotopic (exact) mass is 258 g/mol. The maximum Gasteiger partial charge on any atom is 0.0540 e. The Morgan fingerprint density at radius 3 is 2.74 bits per heavy atom. The van der Waals surface area contributed by atoms with Gasteiger partial charge < -0.3 is 10.0 Å². The lowest BCUT2D eigenvalue weighted by atomic mass is 10.1. The Hall–Kier alpha value is -1.34. The molecule has 102 valence electrons. The van der Waals surface area contributed by atoms with Gasteiger partial charge >= 0.3 is 0 Å². The second-order valence-corrected chi connectivity index (χ2v) is 5.06. The fourth-order valence-electron chi connectivity index (χ4n) is 2.23. The smallest absolute Gasteiger partial charge is 0.0540 e. The summed E-state index contributed by atoms with van der Waals surface area (Å²) in [5.41, 5.74) is 2.36. The van der Waals surface area contributed by atoms with E-state index in [1.165, 1.54) is 5.56 Å². The highest BCUT2D eigenvalue weighted by Crippen LogP contribution is 2.09. The van der Waals surface area contributed by atoms with Gasteiger partial charge in [-0.2, -0.15) is 0 Å². The number of aliphatic hydroxyl groups is 1. The van der Waals surface area contributed by atoms with E-state index in [-0.39, 0.29) is 6.61 Å². The summed E-state index contributed by atoms with van der Waals surface area (Å²) in [6, 6.07) is 8.41. The zero-order valence-corrected chi connectivity index (χ0v) is 11.6. The average Bonchev–Trinajstić information content (AvgIpc) is 2.42. The van der Waals surface area contributed by atoms with Crippen LogP contribution in [-0.4, -0.2) is 54.7 Å². The zero-order chi connectivity index (χ0) is 13.5. The molecule has 1 aliphatic rings. The molecule has 2 rings (SSSR count). The number of aliphatic hydroxyl groups excluding tert-OH is 1. The standard InChI is InChI=1S/C16H22N2O/c1-17-8-10-18(11-9-17)14-16-7-4-6-15(13-16)5-2-3-12-19/h4,6-7,13,19H,3,8-12,14H2,1H3. The normalized spacial score (nSPS) is 16.9. The molecule has 0 aliphatic carbocycles. The van der Waals surface area contributed by atoms with E-state index in [1.54, 1.807) is 0 Å². The van der Waals surface area contributed by atoms with E-state index in [1.807, 2.05) is 6.07 Å². The number of benzene rings is 1. The van der Waals surface area contributed by atoms with Crippen LogP contribution in [0.25, 0.3) is 0 Å². The molecule has 0 radical (unpaired) electrons. The number of piperazine rings is 1. The SMILES string of the molecule is CN1CCN(Cc2cccc(C#CCCO)c2)CC1. The molecule has 1 fully saturated rings. The van der Waals surface area contributed by atoms with E-state index in [2.05, 4.69) is 46.9 Å². The van der Waals surface area contributed by atoms with Gasteiger partial charge in [0, 0.05) is 44.7 Å². The molecule has 0 bridgehead atoms. The number of nitrogens with zero attached hydrogens (tertiary/aromatic N) is 2. The first-order valence-corrected chi connectivity index (χ1v) is 6.87. The van der Waals surface area contributed by atoms with Gasteiger partial charge in [0.25, 0.3) is 0 Å². The topological polar surface area (TPSA) is 26.7 Å². The van der Waals surface area contributed by atoms with Gasteiger partial charge in [-0.3, -0.25) is 4.90 Å². The molecule has 19 heavy (non-hydrogen) atoms. The molecule has 1 aromatic carbocycles. The van der Waals surface area contributed by atoms with Crippen molar-refractivity contribution in [2.45, 2.75) is 13.0 Å². The third kappa shape index (κ3) is 4.68. The molecule has 1 aromatic rings. The van der Waals surface area contributed by atoms with Crippen LogP contribution < -0.4 is 0 Å². The van der Waals surface area contributed by atoms with Crippen molar-refractivity contribution in [2.75, 3.05) is 39.8 Å². The first-order chi connectivity index (χ1) is 9.28. The van der Waals surface area contributed by atoms with Gasteiger partial charge in [-0.1, -0.05) is 24.0 Å². The fourth-order valence-corrected chi connectivity index (χ4v) is 2.23. The Labute approximate surface area is 115 Å². The molecule has 0 spiro atoms. The first kappa shape index (κ1) is 14.1. The maximum atomic E-state index is 8.72. The number of likely N-dealkylation sites (N-methyl/N-ethyl adjacent to an activating group) is 1. The van der Waals surface area contributed by atoms with Crippen molar-refractivity contribution < 1.29 is 5.11 Å². The molecule has 0 aromatic heterocycles. The van der Waals surface area contributed by atoms with Crippen molar-refractivity contribution in [2.24, 2.45) is 0 Å².